The molecule has 0 saturated carbocycles. The van der Waals surface area contributed by atoms with E-state index in [2.05, 4.69) is 5.32 Å². The van der Waals surface area contributed by atoms with Crippen molar-refractivity contribution in [3.63, 3.8) is 0 Å². The number of amides is 1. The molecule has 1 saturated heterocycles. The highest BCUT2D eigenvalue weighted by Crippen LogP contribution is 2.17. The van der Waals surface area contributed by atoms with Gasteiger partial charge in [-0.15, -0.1) is 0 Å². The molecule has 1 aromatic carbocycles. The predicted octanol–water partition coefficient (Wildman–Crippen LogP) is 1.95. The minimum atomic E-state index is -0.301. The van der Waals surface area contributed by atoms with Crippen LogP contribution in [0.4, 0.5) is 4.39 Å². The number of carbonyl (C=O) groups excluding carboxylic acids is 1. The second-order valence-electron chi connectivity index (χ2n) is 5.25. The van der Waals surface area contributed by atoms with Gasteiger partial charge < -0.3 is 11.1 Å². The third-order valence-corrected chi connectivity index (χ3v) is 4.83. The highest BCUT2D eigenvalue weighted by molar-refractivity contribution is 7.99. The van der Waals surface area contributed by atoms with Gasteiger partial charge >= 0.3 is 0 Å². The van der Waals surface area contributed by atoms with Crippen LogP contribution in [0.5, 0.6) is 0 Å². The molecule has 3 nitrogen and oxygen atoms in total. The fourth-order valence-electron chi connectivity index (χ4n) is 2.39. The van der Waals surface area contributed by atoms with Crippen LogP contribution in [0, 0.1) is 11.7 Å². The van der Waals surface area contributed by atoms with Crippen LogP contribution in [0.2, 0.25) is 0 Å². The number of hydrogen-bond donors (Lipinski definition) is 2. The molecule has 1 aliphatic heterocycles. The van der Waals surface area contributed by atoms with Gasteiger partial charge in [-0.3, -0.25) is 4.79 Å². The zero-order valence-electron chi connectivity index (χ0n) is 11.5. The highest BCUT2D eigenvalue weighted by atomic mass is 32.2. The van der Waals surface area contributed by atoms with Gasteiger partial charge in [-0.05, 0) is 42.7 Å². The van der Waals surface area contributed by atoms with E-state index in [0.29, 0.717) is 19.0 Å². The van der Waals surface area contributed by atoms with Crippen molar-refractivity contribution in [1.29, 1.82) is 0 Å². The monoisotopic (exact) mass is 296 g/mol. The van der Waals surface area contributed by atoms with E-state index in [-0.39, 0.29) is 17.6 Å². The first-order valence-electron chi connectivity index (χ1n) is 7.00. The first-order valence-corrected chi connectivity index (χ1v) is 8.15. The molecule has 1 amide bonds. The highest BCUT2D eigenvalue weighted by Gasteiger charge is 2.19. The van der Waals surface area contributed by atoms with Gasteiger partial charge in [-0.2, -0.15) is 11.8 Å². The average molecular weight is 296 g/mol. The molecule has 110 valence electrons. The fraction of sp³-hybridized carbons (Fsp3) is 0.533. The van der Waals surface area contributed by atoms with Crippen LogP contribution in [0.3, 0.4) is 0 Å². The van der Waals surface area contributed by atoms with Crippen LogP contribution in [0.15, 0.2) is 24.3 Å². The summed E-state index contributed by atoms with van der Waals surface area (Å²) in [5, 5.41) is 3.44. The van der Waals surface area contributed by atoms with E-state index in [9.17, 15) is 9.18 Å². The van der Waals surface area contributed by atoms with Crippen LogP contribution >= 0.6 is 11.8 Å². The standard InChI is InChI=1S/C15H21FN2OS/c16-13-5-3-11(4-6-13)8-12(15(17)19)9-18-14-2-1-7-20-10-14/h3-6,12,14,18H,1-2,7-10H2,(H2,17,19)/t12-,14-/m0/s1. The van der Waals surface area contributed by atoms with E-state index < -0.39 is 0 Å². The van der Waals surface area contributed by atoms with Gasteiger partial charge in [0, 0.05) is 18.3 Å². The molecule has 3 N–H and O–H groups in total. The van der Waals surface area contributed by atoms with E-state index in [1.165, 1.54) is 24.3 Å². The SMILES string of the molecule is NC(=O)[C@H](CN[C@H]1CCCSC1)Cc1ccc(F)cc1. The van der Waals surface area contributed by atoms with Gasteiger partial charge in [0.15, 0.2) is 0 Å². The maximum atomic E-state index is 12.9. The van der Waals surface area contributed by atoms with Crippen LogP contribution in [-0.2, 0) is 11.2 Å². The van der Waals surface area contributed by atoms with Crippen molar-refractivity contribution < 1.29 is 9.18 Å². The molecule has 0 aliphatic carbocycles. The Morgan fingerprint density at radius 1 is 1.45 bits per heavy atom. The van der Waals surface area contributed by atoms with Gasteiger partial charge in [0.05, 0.1) is 5.92 Å². The van der Waals surface area contributed by atoms with Crippen molar-refractivity contribution in [1.82, 2.24) is 5.32 Å². The lowest BCUT2D eigenvalue weighted by Gasteiger charge is -2.24. The molecule has 2 rings (SSSR count). The Hall–Kier alpha value is -1.07. The van der Waals surface area contributed by atoms with Crippen molar-refractivity contribution in [2.24, 2.45) is 11.7 Å². The van der Waals surface area contributed by atoms with E-state index in [1.807, 2.05) is 11.8 Å². The fourth-order valence-corrected chi connectivity index (χ4v) is 3.50. The van der Waals surface area contributed by atoms with Crippen LogP contribution < -0.4 is 11.1 Å². The van der Waals surface area contributed by atoms with Gasteiger partial charge in [0.25, 0.3) is 0 Å². The lowest BCUT2D eigenvalue weighted by molar-refractivity contribution is -0.121. The average Bonchev–Trinajstić information content (AvgIpc) is 2.46. The largest absolute Gasteiger partial charge is 0.369 e. The minimum absolute atomic E-state index is 0.243. The summed E-state index contributed by atoms with van der Waals surface area (Å²) in [6, 6.07) is 6.73. The van der Waals surface area contributed by atoms with Gasteiger partial charge in [-0.1, -0.05) is 12.1 Å². The Kier molecular flexibility index (Phi) is 5.86. The second kappa shape index (κ2) is 7.64. The van der Waals surface area contributed by atoms with Gasteiger partial charge in [0.2, 0.25) is 5.91 Å². The van der Waals surface area contributed by atoms with Crippen molar-refractivity contribution in [2.75, 3.05) is 18.1 Å². The molecular weight excluding hydrogens is 275 g/mol. The number of rotatable bonds is 6. The summed E-state index contributed by atoms with van der Waals surface area (Å²) >= 11 is 1.95. The molecule has 1 fully saturated rings. The first kappa shape index (κ1) is 15.3. The zero-order valence-corrected chi connectivity index (χ0v) is 12.3. The first-order chi connectivity index (χ1) is 9.65. The van der Waals surface area contributed by atoms with E-state index >= 15 is 0 Å². The normalized spacial score (nSPS) is 20.6. The molecular formula is C15H21FN2OS. The molecule has 20 heavy (non-hydrogen) atoms. The Labute approximate surface area is 123 Å². The number of nitrogens with one attached hydrogen (secondary N) is 1. The number of hydrogen-bond acceptors (Lipinski definition) is 3. The van der Waals surface area contributed by atoms with Crippen molar-refractivity contribution >= 4 is 17.7 Å². The lowest BCUT2D eigenvalue weighted by atomic mass is 9.98. The summed E-state index contributed by atoms with van der Waals surface area (Å²) in [4.78, 5) is 11.5. The zero-order chi connectivity index (χ0) is 14.4. The third kappa shape index (κ3) is 4.80. The molecule has 0 unspecified atom stereocenters. The molecule has 1 aromatic rings. The molecule has 2 atom stereocenters. The summed E-state index contributed by atoms with van der Waals surface area (Å²) in [5.74, 6) is 1.52. The molecule has 0 spiro atoms. The molecule has 0 aromatic heterocycles. The summed E-state index contributed by atoms with van der Waals surface area (Å²) in [5.41, 5.74) is 6.41. The lowest BCUT2D eigenvalue weighted by Crippen LogP contribution is -2.41. The van der Waals surface area contributed by atoms with Crippen molar-refractivity contribution in [3.05, 3.63) is 35.6 Å². The smallest absolute Gasteiger partial charge is 0.222 e. The number of nitrogens with two attached hydrogens (primary N) is 1. The maximum absolute atomic E-state index is 12.9. The number of carbonyl (C=O) groups is 1. The number of benzene rings is 1. The maximum Gasteiger partial charge on any atom is 0.222 e. The molecule has 0 bridgehead atoms. The van der Waals surface area contributed by atoms with Gasteiger partial charge in [-0.25, -0.2) is 4.39 Å². The molecule has 5 heteroatoms. The Bertz CT molecular complexity index is 432. The Morgan fingerprint density at radius 3 is 2.80 bits per heavy atom. The van der Waals surface area contributed by atoms with Crippen LogP contribution in [0.25, 0.3) is 0 Å². The minimum Gasteiger partial charge on any atom is -0.369 e. The van der Waals surface area contributed by atoms with Crippen molar-refractivity contribution in [2.45, 2.75) is 25.3 Å². The Balaban J connectivity index is 1.86. The van der Waals surface area contributed by atoms with Crippen LogP contribution in [0.1, 0.15) is 18.4 Å². The number of halogens is 1. The van der Waals surface area contributed by atoms with E-state index in [0.717, 1.165) is 17.7 Å². The molecule has 0 radical (unpaired) electrons. The summed E-state index contributed by atoms with van der Waals surface area (Å²) in [7, 11) is 0. The third-order valence-electron chi connectivity index (χ3n) is 3.61. The predicted molar refractivity (Wildman–Crippen MR) is 81.1 cm³/mol. The van der Waals surface area contributed by atoms with E-state index in [1.54, 1.807) is 12.1 Å². The summed E-state index contributed by atoms with van der Waals surface area (Å²) < 4.78 is 12.9. The topological polar surface area (TPSA) is 55.1 Å². The van der Waals surface area contributed by atoms with Gasteiger partial charge in [0.1, 0.15) is 5.82 Å². The van der Waals surface area contributed by atoms with Crippen molar-refractivity contribution in [3.8, 4) is 0 Å². The molecule has 1 heterocycles. The van der Waals surface area contributed by atoms with Crippen LogP contribution in [-0.4, -0.2) is 30.0 Å². The second-order valence-corrected chi connectivity index (χ2v) is 6.40. The molecule has 1 aliphatic rings. The quantitative estimate of drug-likeness (QED) is 0.843. The number of thioether (sulfide) groups is 1. The number of primary amides is 1. The summed E-state index contributed by atoms with van der Waals surface area (Å²) in [6.07, 6.45) is 2.94. The summed E-state index contributed by atoms with van der Waals surface area (Å²) in [6.45, 7) is 0.595. The Morgan fingerprint density at radius 2 is 2.20 bits per heavy atom. The van der Waals surface area contributed by atoms with E-state index in [4.69, 9.17) is 5.73 Å².